The molecule has 10 rings (SSSR count). The highest BCUT2D eigenvalue weighted by Gasteiger charge is 2.24. The Morgan fingerprint density at radius 2 is 0.520 bits per heavy atom. The number of rotatable bonds is 6. The third kappa shape index (κ3) is 4.37. The lowest BCUT2D eigenvalue weighted by molar-refractivity contribution is 0.796. The van der Waals surface area contributed by atoms with Crippen LogP contribution in [0.1, 0.15) is 64.5 Å². The molecule has 0 nitrogen and oxygen atoms in total. The van der Waals surface area contributed by atoms with E-state index in [2.05, 4.69) is 135 Å². The molecule has 50 heavy (non-hydrogen) atoms. The molecule has 0 heterocycles. The Morgan fingerprint density at radius 3 is 0.760 bits per heavy atom. The van der Waals surface area contributed by atoms with Gasteiger partial charge in [0.15, 0.2) is 0 Å². The zero-order valence-electron chi connectivity index (χ0n) is 29.8. The highest BCUT2D eigenvalue weighted by molar-refractivity contribution is 6.49. The van der Waals surface area contributed by atoms with E-state index in [1.807, 2.05) is 13.8 Å². The van der Waals surface area contributed by atoms with E-state index in [9.17, 15) is 0 Å². The van der Waals surface area contributed by atoms with Crippen LogP contribution in [-0.2, 0) is 12.8 Å². The number of hydrogen-bond acceptors (Lipinski definition) is 0. The first-order chi connectivity index (χ1) is 24.8. The summed E-state index contributed by atoms with van der Waals surface area (Å²) in [6.45, 7) is 8.62. The van der Waals surface area contributed by atoms with Crippen LogP contribution in [0.4, 0.5) is 0 Å². The van der Waals surface area contributed by atoms with Crippen molar-refractivity contribution in [1.82, 2.24) is 0 Å². The minimum Gasteiger partial charge on any atom is -0.0683 e. The Hall–Kier alpha value is -5.20. The first-order valence-electron chi connectivity index (χ1n) is 19.0. The van der Waals surface area contributed by atoms with Crippen LogP contribution in [0.3, 0.4) is 0 Å². The van der Waals surface area contributed by atoms with E-state index in [1.54, 1.807) is 0 Å². The van der Waals surface area contributed by atoms with Crippen LogP contribution in [-0.4, -0.2) is 0 Å². The molecular weight excluding hydrogens is 601 g/mol. The summed E-state index contributed by atoms with van der Waals surface area (Å²) >= 11 is 0. The van der Waals surface area contributed by atoms with Crippen LogP contribution >= 0.6 is 0 Å². The third-order valence-electron chi connectivity index (χ3n) is 11.2. The zero-order valence-corrected chi connectivity index (χ0v) is 29.8. The van der Waals surface area contributed by atoms with Gasteiger partial charge in [-0.25, -0.2) is 0 Å². The number of benzene rings is 10. The summed E-state index contributed by atoms with van der Waals surface area (Å²) in [6.07, 6.45) is 6.94. The molecule has 244 valence electrons. The second-order valence-electron chi connectivity index (χ2n) is 14.0. The van der Waals surface area contributed by atoms with Crippen molar-refractivity contribution in [2.45, 2.75) is 66.2 Å². The van der Waals surface area contributed by atoms with Crippen LogP contribution in [0.5, 0.6) is 0 Å². The fourth-order valence-corrected chi connectivity index (χ4v) is 9.18. The minimum absolute atomic E-state index is 1.09. The molecule has 0 fully saturated rings. The Bertz CT molecular complexity index is 2520. The van der Waals surface area contributed by atoms with Gasteiger partial charge in [0.1, 0.15) is 0 Å². The lowest BCUT2D eigenvalue weighted by Crippen LogP contribution is -1.97. The molecule has 0 saturated heterocycles. The van der Waals surface area contributed by atoms with Crippen LogP contribution < -0.4 is 0 Å². The molecule has 0 aliphatic heterocycles. The molecular formula is C50H44. The average Bonchev–Trinajstić information content (AvgIpc) is 3.18. The first kappa shape index (κ1) is 30.8. The van der Waals surface area contributed by atoms with Gasteiger partial charge >= 0.3 is 0 Å². The zero-order chi connectivity index (χ0) is 33.9. The van der Waals surface area contributed by atoms with Crippen molar-refractivity contribution >= 4 is 97.0 Å². The van der Waals surface area contributed by atoms with Gasteiger partial charge in [-0.1, -0.05) is 162 Å². The smallest absolute Gasteiger partial charge is 0.00132 e. The van der Waals surface area contributed by atoms with Gasteiger partial charge in [-0.15, -0.1) is 0 Å². The maximum Gasteiger partial charge on any atom is -0.00132 e. The standard InChI is InChI=1S/C48H38.C2H6/c1-3-5-15-29-25-39-43-35-21-11-7-17-31(35)33-19-9-13-23-37(33)45(43)41-27-30(16-6-4-2)28-42-46-38-24-14-10-20-34(38)32-18-8-12-22-36(32)44(46)40(26-29)47(39)48(41)42;1-2/h7-14,17-28H,3-6,15-16H2,1-2H3;1-2H3. The lowest BCUT2D eigenvalue weighted by atomic mass is 9.79. The minimum atomic E-state index is 1.09. The summed E-state index contributed by atoms with van der Waals surface area (Å²) in [6, 6.07) is 46.9. The molecule has 10 aromatic rings. The van der Waals surface area contributed by atoms with Crippen LogP contribution in [0.15, 0.2) is 121 Å². The van der Waals surface area contributed by atoms with Crippen molar-refractivity contribution in [3.63, 3.8) is 0 Å². The molecule has 0 aliphatic rings. The fourth-order valence-electron chi connectivity index (χ4n) is 9.18. The van der Waals surface area contributed by atoms with Crippen molar-refractivity contribution in [2.24, 2.45) is 0 Å². The topological polar surface area (TPSA) is 0 Å². The molecule has 0 N–H and O–H groups in total. The van der Waals surface area contributed by atoms with Crippen LogP contribution in [0.25, 0.3) is 97.0 Å². The predicted octanol–water partition coefficient (Wildman–Crippen LogP) is 15.2. The number of unbranched alkanes of at least 4 members (excludes halogenated alkanes) is 2. The van der Waals surface area contributed by atoms with Crippen molar-refractivity contribution in [1.29, 1.82) is 0 Å². The summed E-state index contributed by atoms with van der Waals surface area (Å²) < 4.78 is 0. The van der Waals surface area contributed by atoms with E-state index in [1.165, 1.54) is 134 Å². The first-order valence-corrected chi connectivity index (χ1v) is 19.0. The largest absolute Gasteiger partial charge is 0.0683 e. The van der Waals surface area contributed by atoms with Gasteiger partial charge in [-0.3, -0.25) is 0 Å². The monoisotopic (exact) mass is 644 g/mol. The average molecular weight is 645 g/mol. The van der Waals surface area contributed by atoms with E-state index < -0.39 is 0 Å². The molecule has 0 atom stereocenters. The van der Waals surface area contributed by atoms with Gasteiger partial charge < -0.3 is 0 Å². The van der Waals surface area contributed by atoms with Gasteiger partial charge in [0.25, 0.3) is 0 Å². The molecule has 0 unspecified atom stereocenters. The van der Waals surface area contributed by atoms with E-state index in [4.69, 9.17) is 0 Å². The SMILES string of the molecule is CC.CCCCc1cc2c3c4ccccc4c4ccccc4c3c3cc(CCCC)cc4c5c6ccccc6c6ccccc6c5c(c1)c2c34. The van der Waals surface area contributed by atoms with Crippen LogP contribution in [0.2, 0.25) is 0 Å². The molecule has 0 bridgehead atoms. The number of hydrogen-bond donors (Lipinski definition) is 0. The van der Waals surface area contributed by atoms with Crippen molar-refractivity contribution < 1.29 is 0 Å². The fraction of sp³-hybridized carbons (Fsp3) is 0.200. The molecule has 0 saturated carbocycles. The number of fused-ring (bicyclic) bond motifs is 16. The van der Waals surface area contributed by atoms with Gasteiger partial charge in [-0.05, 0) is 134 Å². The van der Waals surface area contributed by atoms with Gasteiger partial charge in [0.05, 0.1) is 0 Å². The van der Waals surface area contributed by atoms with E-state index >= 15 is 0 Å². The van der Waals surface area contributed by atoms with E-state index in [0.717, 1.165) is 12.8 Å². The molecule has 0 radical (unpaired) electrons. The van der Waals surface area contributed by atoms with E-state index in [-0.39, 0.29) is 0 Å². The van der Waals surface area contributed by atoms with Crippen molar-refractivity contribution in [3.8, 4) is 0 Å². The normalized spacial score (nSPS) is 12.1. The molecule has 0 heteroatoms. The summed E-state index contributed by atoms with van der Waals surface area (Å²) in [5, 5.41) is 25.0. The highest BCUT2D eigenvalue weighted by Crippen LogP contribution is 2.52. The Kier molecular flexibility index (Phi) is 7.58. The van der Waals surface area contributed by atoms with Gasteiger partial charge in [0, 0.05) is 0 Å². The summed E-state index contributed by atoms with van der Waals surface area (Å²) in [5.74, 6) is 0. The Balaban J connectivity index is 0.00000165. The Labute approximate surface area is 294 Å². The second kappa shape index (κ2) is 12.3. The molecule has 10 aromatic carbocycles. The lowest BCUT2D eigenvalue weighted by Gasteiger charge is -2.23. The molecule has 0 spiro atoms. The van der Waals surface area contributed by atoms with Gasteiger partial charge in [-0.2, -0.15) is 0 Å². The maximum atomic E-state index is 2.57. The molecule has 0 amide bonds. The molecule has 0 aromatic heterocycles. The van der Waals surface area contributed by atoms with Crippen LogP contribution in [0, 0.1) is 0 Å². The van der Waals surface area contributed by atoms with Crippen molar-refractivity contribution in [2.75, 3.05) is 0 Å². The van der Waals surface area contributed by atoms with Gasteiger partial charge in [0.2, 0.25) is 0 Å². The predicted molar refractivity (Wildman–Crippen MR) is 224 cm³/mol. The number of aryl methyl sites for hydroxylation is 2. The second-order valence-corrected chi connectivity index (χ2v) is 14.0. The third-order valence-corrected chi connectivity index (χ3v) is 11.2. The van der Waals surface area contributed by atoms with E-state index in [0.29, 0.717) is 0 Å². The highest BCUT2D eigenvalue weighted by atomic mass is 14.3. The Morgan fingerprint density at radius 1 is 0.300 bits per heavy atom. The summed E-state index contributed by atoms with van der Waals surface area (Å²) in [5.41, 5.74) is 2.90. The summed E-state index contributed by atoms with van der Waals surface area (Å²) in [7, 11) is 0. The maximum absolute atomic E-state index is 2.57. The van der Waals surface area contributed by atoms with Crippen molar-refractivity contribution in [3.05, 3.63) is 132 Å². The molecule has 0 aliphatic carbocycles. The summed E-state index contributed by atoms with van der Waals surface area (Å²) in [4.78, 5) is 0. The quantitative estimate of drug-likeness (QED) is 0.125.